The van der Waals surface area contributed by atoms with Gasteiger partial charge in [0.2, 0.25) is 5.88 Å². The van der Waals surface area contributed by atoms with Crippen LogP contribution in [0.25, 0.3) is 0 Å². The highest BCUT2D eigenvalue weighted by atomic mass is 35.5. The van der Waals surface area contributed by atoms with E-state index in [9.17, 15) is 17.6 Å². The van der Waals surface area contributed by atoms with Crippen LogP contribution in [0.4, 0.5) is 4.39 Å². The van der Waals surface area contributed by atoms with Crippen molar-refractivity contribution in [1.29, 1.82) is 0 Å². The number of aromatic nitrogens is 1. The minimum Gasteiger partial charge on any atom is -0.494 e. The summed E-state index contributed by atoms with van der Waals surface area (Å²) in [6, 6.07) is 2.78. The molecule has 0 aliphatic heterocycles. The Morgan fingerprint density at radius 2 is 2.04 bits per heavy atom. The van der Waals surface area contributed by atoms with Gasteiger partial charge in [-0.2, -0.15) is 4.37 Å². The summed E-state index contributed by atoms with van der Waals surface area (Å²) in [6.45, 7) is -0.390. The number of sulfone groups is 1. The molecule has 2 rings (SSSR count). The van der Waals surface area contributed by atoms with Gasteiger partial charge in [0.1, 0.15) is 6.61 Å². The van der Waals surface area contributed by atoms with Crippen LogP contribution in [0.15, 0.2) is 16.3 Å². The lowest BCUT2D eigenvalue weighted by molar-refractivity contribution is 0.0591. The number of benzene rings is 1. The molecule has 25 heavy (non-hydrogen) atoms. The molecule has 2 aromatic rings. The van der Waals surface area contributed by atoms with Crippen LogP contribution in [0.5, 0.6) is 11.6 Å². The molecular weight excluding hydrogens is 397 g/mol. The van der Waals surface area contributed by atoms with Gasteiger partial charge in [-0.05, 0) is 23.7 Å². The van der Waals surface area contributed by atoms with Gasteiger partial charge in [0.15, 0.2) is 31.2 Å². The summed E-state index contributed by atoms with van der Waals surface area (Å²) in [6.07, 6.45) is 0.926. The molecular formula is C14H13ClFNO6S2. The summed E-state index contributed by atoms with van der Waals surface area (Å²) in [7, 11) is -1.33. The average Bonchev–Trinajstić information content (AvgIpc) is 2.98. The number of carbonyl (C=O) groups is 1. The lowest BCUT2D eigenvalue weighted by atomic mass is 10.2. The highest BCUT2D eigenvalue weighted by molar-refractivity contribution is 7.92. The van der Waals surface area contributed by atoms with Crippen LogP contribution in [0.2, 0.25) is 5.02 Å². The first kappa shape index (κ1) is 19.4. The molecule has 0 aliphatic rings. The molecule has 0 saturated carbocycles. The van der Waals surface area contributed by atoms with Crippen LogP contribution >= 0.6 is 23.1 Å². The van der Waals surface area contributed by atoms with Gasteiger partial charge in [0.05, 0.1) is 19.2 Å². The standard InChI is InChI=1S/C14H13ClFNO6S2/c1-21-9-5-4-8(15)7(11(9)16)6-23-12-10(13(18)22-2)14(24-17-12)25(3,19)20/h4-5H,6H2,1-3H3. The first-order valence-electron chi connectivity index (χ1n) is 6.62. The predicted octanol–water partition coefficient (Wildman–Crippen LogP) is 2.71. The number of hydrogen-bond donors (Lipinski definition) is 0. The molecule has 0 fully saturated rings. The molecule has 11 heteroatoms. The first-order chi connectivity index (χ1) is 11.7. The summed E-state index contributed by atoms with van der Waals surface area (Å²) in [5.41, 5.74) is -0.361. The van der Waals surface area contributed by atoms with Crippen LogP contribution in [-0.4, -0.2) is 39.2 Å². The number of methoxy groups -OCH3 is 2. The zero-order valence-electron chi connectivity index (χ0n) is 13.3. The number of rotatable bonds is 6. The van der Waals surface area contributed by atoms with Crippen molar-refractivity contribution >= 4 is 38.9 Å². The molecule has 136 valence electrons. The number of ether oxygens (including phenoxy) is 3. The summed E-state index contributed by atoms with van der Waals surface area (Å²) >= 11 is 6.51. The predicted molar refractivity (Wildman–Crippen MR) is 88.9 cm³/mol. The second-order valence-corrected chi connectivity index (χ2v) is 8.14. The highest BCUT2D eigenvalue weighted by Gasteiger charge is 2.29. The van der Waals surface area contributed by atoms with Gasteiger partial charge >= 0.3 is 5.97 Å². The van der Waals surface area contributed by atoms with E-state index in [1.54, 1.807) is 0 Å². The second kappa shape index (κ2) is 7.54. The number of carbonyl (C=O) groups excluding carboxylic acids is 1. The lowest BCUT2D eigenvalue weighted by Crippen LogP contribution is -2.10. The maximum Gasteiger partial charge on any atom is 0.345 e. The maximum atomic E-state index is 14.3. The van der Waals surface area contributed by atoms with Crippen molar-refractivity contribution in [3.8, 4) is 11.6 Å². The quantitative estimate of drug-likeness (QED) is 0.677. The molecule has 1 aromatic carbocycles. The van der Waals surface area contributed by atoms with Crippen LogP contribution in [0, 0.1) is 5.82 Å². The van der Waals surface area contributed by atoms with Crippen molar-refractivity contribution in [2.24, 2.45) is 0 Å². The summed E-state index contributed by atoms with van der Waals surface area (Å²) in [5.74, 6) is -1.98. The third-order valence-electron chi connectivity index (χ3n) is 3.08. The molecule has 7 nitrogen and oxygen atoms in total. The van der Waals surface area contributed by atoms with Crippen LogP contribution in [-0.2, 0) is 21.2 Å². The fourth-order valence-electron chi connectivity index (χ4n) is 1.89. The van der Waals surface area contributed by atoms with Gasteiger partial charge in [-0.25, -0.2) is 17.6 Å². The van der Waals surface area contributed by atoms with Crippen molar-refractivity contribution in [3.63, 3.8) is 0 Å². The van der Waals surface area contributed by atoms with Crippen molar-refractivity contribution in [2.75, 3.05) is 20.5 Å². The van der Waals surface area contributed by atoms with Crippen LogP contribution in [0.3, 0.4) is 0 Å². The molecule has 0 atom stereocenters. The zero-order chi connectivity index (χ0) is 18.8. The maximum absolute atomic E-state index is 14.3. The fraction of sp³-hybridized carbons (Fsp3) is 0.286. The Hall–Kier alpha value is -1.91. The van der Waals surface area contributed by atoms with E-state index in [-0.39, 0.29) is 32.0 Å². The monoisotopic (exact) mass is 409 g/mol. The number of hydrogen-bond acceptors (Lipinski definition) is 8. The molecule has 0 unspecified atom stereocenters. The van der Waals surface area contributed by atoms with Gasteiger partial charge < -0.3 is 14.2 Å². The Bertz CT molecular complexity index is 912. The lowest BCUT2D eigenvalue weighted by Gasteiger charge is -2.10. The van der Waals surface area contributed by atoms with Crippen molar-refractivity contribution in [2.45, 2.75) is 10.8 Å². The first-order valence-corrected chi connectivity index (χ1v) is 9.66. The smallest absolute Gasteiger partial charge is 0.345 e. The Morgan fingerprint density at radius 1 is 1.36 bits per heavy atom. The molecule has 1 heterocycles. The molecule has 0 bridgehead atoms. The van der Waals surface area contributed by atoms with Gasteiger partial charge in [-0.15, -0.1) is 0 Å². The molecule has 0 saturated heterocycles. The Balaban J connectivity index is 2.40. The van der Waals surface area contributed by atoms with E-state index in [1.807, 2.05) is 0 Å². The van der Waals surface area contributed by atoms with E-state index in [4.69, 9.17) is 21.1 Å². The van der Waals surface area contributed by atoms with E-state index in [2.05, 4.69) is 9.11 Å². The normalized spacial score (nSPS) is 11.2. The molecule has 0 radical (unpaired) electrons. The van der Waals surface area contributed by atoms with Crippen molar-refractivity contribution < 1.29 is 31.8 Å². The Morgan fingerprint density at radius 3 is 2.60 bits per heavy atom. The van der Waals surface area contributed by atoms with E-state index < -0.39 is 28.2 Å². The number of nitrogens with zero attached hydrogens (tertiary/aromatic N) is 1. The third-order valence-corrected chi connectivity index (χ3v) is 6.07. The minimum atomic E-state index is -3.72. The molecule has 1 aromatic heterocycles. The SMILES string of the molecule is COC(=O)c1c(OCc2c(Cl)ccc(OC)c2F)nsc1S(C)(=O)=O. The molecule has 0 N–H and O–H groups in total. The van der Waals surface area contributed by atoms with E-state index in [0.717, 1.165) is 13.4 Å². The van der Waals surface area contributed by atoms with Crippen LogP contribution < -0.4 is 9.47 Å². The minimum absolute atomic E-state index is 0.0225. The molecule has 0 amide bonds. The van der Waals surface area contributed by atoms with Gasteiger partial charge in [-0.1, -0.05) is 11.6 Å². The van der Waals surface area contributed by atoms with E-state index in [1.165, 1.54) is 19.2 Å². The highest BCUT2D eigenvalue weighted by Crippen LogP contribution is 2.33. The molecule has 0 spiro atoms. The van der Waals surface area contributed by atoms with E-state index >= 15 is 0 Å². The van der Waals surface area contributed by atoms with Gasteiger partial charge in [0, 0.05) is 11.8 Å². The Kier molecular flexibility index (Phi) is 5.86. The van der Waals surface area contributed by atoms with Gasteiger partial charge in [-0.3, -0.25) is 0 Å². The largest absolute Gasteiger partial charge is 0.494 e. The summed E-state index contributed by atoms with van der Waals surface area (Å²) in [5, 5.41) is 0.0801. The van der Waals surface area contributed by atoms with Crippen LogP contribution in [0.1, 0.15) is 15.9 Å². The van der Waals surface area contributed by atoms with Gasteiger partial charge in [0.25, 0.3) is 0 Å². The van der Waals surface area contributed by atoms with E-state index in [0.29, 0.717) is 11.5 Å². The topological polar surface area (TPSA) is 91.8 Å². The Labute approximate surface area is 152 Å². The average molecular weight is 410 g/mol. The fourth-order valence-corrected chi connectivity index (χ4v) is 3.86. The second-order valence-electron chi connectivity index (χ2n) is 4.74. The summed E-state index contributed by atoms with van der Waals surface area (Å²) in [4.78, 5) is 11.9. The van der Waals surface area contributed by atoms with Crippen molar-refractivity contribution in [1.82, 2.24) is 4.37 Å². The summed E-state index contributed by atoms with van der Waals surface area (Å²) < 4.78 is 56.1. The molecule has 0 aliphatic carbocycles. The van der Waals surface area contributed by atoms with Crippen molar-refractivity contribution in [3.05, 3.63) is 34.1 Å². The number of esters is 1. The zero-order valence-corrected chi connectivity index (χ0v) is 15.7. The number of halogens is 2. The third kappa shape index (κ3) is 4.02.